The van der Waals surface area contributed by atoms with E-state index in [9.17, 15) is 4.79 Å². The Bertz CT molecular complexity index is 931. The SMILES string of the molecule is COc1ccc(C)cc1NC(=O)c1c[nH]c2cc(OC)c(OC)cc12. The van der Waals surface area contributed by atoms with Crippen LogP contribution in [0.5, 0.6) is 17.2 Å². The van der Waals surface area contributed by atoms with Crippen molar-refractivity contribution >= 4 is 22.5 Å². The predicted octanol–water partition coefficient (Wildman–Crippen LogP) is 3.75. The molecular weight excluding hydrogens is 320 g/mol. The van der Waals surface area contributed by atoms with Gasteiger partial charge in [0.15, 0.2) is 11.5 Å². The van der Waals surface area contributed by atoms with Crippen LogP contribution in [0.3, 0.4) is 0 Å². The number of carbonyl (C=O) groups is 1. The molecule has 0 saturated carbocycles. The molecule has 0 aliphatic heterocycles. The number of amides is 1. The van der Waals surface area contributed by atoms with Crippen LogP contribution in [0.15, 0.2) is 36.5 Å². The van der Waals surface area contributed by atoms with Gasteiger partial charge in [-0.25, -0.2) is 0 Å². The minimum atomic E-state index is -0.234. The van der Waals surface area contributed by atoms with Crippen LogP contribution in [0.1, 0.15) is 15.9 Å². The third-order valence-electron chi connectivity index (χ3n) is 4.03. The number of aromatic nitrogens is 1. The van der Waals surface area contributed by atoms with E-state index in [0.717, 1.165) is 16.5 Å². The summed E-state index contributed by atoms with van der Waals surface area (Å²) in [5.41, 5.74) is 2.96. The van der Waals surface area contributed by atoms with Crippen molar-refractivity contribution in [2.75, 3.05) is 26.6 Å². The molecule has 0 unspecified atom stereocenters. The third kappa shape index (κ3) is 3.10. The topological polar surface area (TPSA) is 72.6 Å². The molecule has 2 N–H and O–H groups in total. The monoisotopic (exact) mass is 340 g/mol. The maximum Gasteiger partial charge on any atom is 0.257 e. The number of rotatable bonds is 5. The third-order valence-corrected chi connectivity index (χ3v) is 4.03. The Hall–Kier alpha value is -3.15. The number of nitrogens with one attached hydrogen (secondary N) is 2. The summed E-state index contributed by atoms with van der Waals surface area (Å²) < 4.78 is 15.9. The number of hydrogen-bond acceptors (Lipinski definition) is 4. The molecule has 0 saturated heterocycles. The second-order valence-corrected chi connectivity index (χ2v) is 5.61. The van der Waals surface area contributed by atoms with Gasteiger partial charge in [-0.2, -0.15) is 0 Å². The van der Waals surface area contributed by atoms with E-state index >= 15 is 0 Å². The van der Waals surface area contributed by atoms with Crippen molar-refractivity contribution in [3.8, 4) is 17.2 Å². The smallest absolute Gasteiger partial charge is 0.257 e. The summed E-state index contributed by atoms with van der Waals surface area (Å²) in [6.07, 6.45) is 1.67. The number of aryl methyl sites for hydroxylation is 1. The quantitative estimate of drug-likeness (QED) is 0.742. The summed E-state index contributed by atoms with van der Waals surface area (Å²) in [7, 11) is 4.71. The van der Waals surface area contributed by atoms with Gasteiger partial charge >= 0.3 is 0 Å². The van der Waals surface area contributed by atoms with Gasteiger partial charge in [0.2, 0.25) is 0 Å². The molecule has 25 heavy (non-hydrogen) atoms. The molecule has 6 nitrogen and oxygen atoms in total. The normalized spacial score (nSPS) is 10.6. The molecule has 1 heterocycles. The minimum absolute atomic E-state index is 0.234. The molecule has 3 rings (SSSR count). The van der Waals surface area contributed by atoms with Crippen LogP contribution in [-0.4, -0.2) is 32.2 Å². The highest BCUT2D eigenvalue weighted by Gasteiger charge is 2.17. The van der Waals surface area contributed by atoms with Crippen molar-refractivity contribution in [1.82, 2.24) is 4.98 Å². The highest BCUT2D eigenvalue weighted by molar-refractivity contribution is 6.13. The molecule has 0 spiro atoms. The average Bonchev–Trinajstić information content (AvgIpc) is 3.03. The van der Waals surface area contributed by atoms with Crippen LogP contribution in [0.25, 0.3) is 10.9 Å². The summed E-state index contributed by atoms with van der Waals surface area (Å²) in [5.74, 6) is 1.54. The van der Waals surface area contributed by atoms with Gasteiger partial charge in [-0.15, -0.1) is 0 Å². The Kier molecular flexibility index (Phi) is 4.52. The van der Waals surface area contributed by atoms with Gasteiger partial charge in [0.25, 0.3) is 5.91 Å². The van der Waals surface area contributed by atoms with E-state index in [-0.39, 0.29) is 5.91 Å². The zero-order valence-electron chi connectivity index (χ0n) is 14.6. The van der Waals surface area contributed by atoms with Crippen molar-refractivity contribution in [3.05, 3.63) is 47.7 Å². The fourth-order valence-corrected chi connectivity index (χ4v) is 2.75. The van der Waals surface area contributed by atoms with Crippen LogP contribution in [0.4, 0.5) is 5.69 Å². The van der Waals surface area contributed by atoms with Gasteiger partial charge in [-0.05, 0) is 30.7 Å². The van der Waals surface area contributed by atoms with E-state index in [1.807, 2.05) is 25.1 Å². The Labute approximate surface area is 145 Å². The second-order valence-electron chi connectivity index (χ2n) is 5.61. The van der Waals surface area contributed by atoms with Crippen LogP contribution in [0.2, 0.25) is 0 Å². The van der Waals surface area contributed by atoms with E-state index in [2.05, 4.69) is 10.3 Å². The van der Waals surface area contributed by atoms with E-state index in [1.54, 1.807) is 39.7 Å². The second kappa shape index (κ2) is 6.76. The van der Waals surface area contributed by atoms with Crippen LogP contribution >= 0.6 is 0 Å². The lowest BCUT2D eigenvalue weighted by Gasteiger charge is -2.11. The summed E-state index contributed by atoms with van der Waals surface area (Å²) in [6, 6.07) is 9.21. The number of benzene rings is 2. The summed E-state index contributed by atoms with van der Waals surface area (Å²) in [6.45, 7) is 1.96. The first-order valence-electron chi connectivity index (χ1n) is 7.76. The standard InChI is InChI=1S/C19H20N2O4/c1-11-5-6-16(23-2)15(7-11)21-19(22)13-10-20-14-9-18(25-4)17(24-3)8-12(13)14/h5-10,20H,1-4H3,(H,21,22). The number of methoxy groups -OCH3 is 3. The molecule has 0 bridgehead atoms. The van der Waals surface area contributed by atoms with Crippen molar-refractivity contribution in [2.45, 2.75) is 6.92 Å². The van der Waals surface area contributed by atoms with E-state index in [4.69, 9.17) is 14.2 Å². The molecule has 130 valence electrons. The van der Waals surface area contributed by atoms with Crippen molar-refractivity contribution < 1.29 is 19.0 Å². The number of hydrogen-bond donors (Lipinski definition) is 2. The fraction of sp³-hybridized carbons (Fsp3) is 0.211. The molecule has 0 aliphatic carbocycles. The van der Waals surface area contributed by atoms with Gasteiger partial charge in [0.1, 0.15) is 5.75 Å². The number of ether oxygens (including phenoxy) is 3. The molecular formula is C19H20N2O4. The van der Waals surface area contributed by atoms with Crippen LogP contribution in [0, 0.1) is 6.92 Å². The lowest BCUT2D eigenvalue weighted by atomic mass is 10.1. The minimum Gasteiger partial charge on any atom is -0.495 e. The number of fused-ring (bicyclic) bond motifs is 1. The highest BCUT2D eigenvalue weighted by Crippen LogP contribution is 2.34. The number of H-pyrrole nitrogens is 1. The number of carbonyl (C=O) groups excluding carboxylic acids is 1. The average molecular weight is 340 g/mol. The zero-order valence-corrected chi connectivity index (χ0v) is 14.6. The van der Waals surface area contributed by atoms with Gasteiger partial charge in [0, 0.05) is 17.6 Å². The highest BCUT2D eigenvalue weighted by atomic mass is 16.5. The Morgan fingerprint density at radius 1 is 0.960 bits per heavy atom. The molecule has 1 amide bonds. The molecule has 0 atom stereocenters. The first-order valence-corrected chi connectivity index (χ1v) is 7.76. The number of aromatic amines is 1. The van der Waals surface area contributed by atoms with Crippen molar-refractivity contribution in [3.63, 3.8) is 0 Å². The Morgan fingerprint density at radius 3 is 2.32 bits per heavy atom. The molecule has 0 radical (unpaired) electrons. The molecule has 0 aliphatic rings. The summed E-state index contributed by atoms with van der Waals surface area (Å²) in [4.78, 5) is 15.9. The summed E-state index contributed by atoms with van der Waals surface area (Å²) in [5, 5.41) is 3.66. The van der Waals surface area contributed by atoms with Gasteiger partial charge in [-0.3, -0.25) is 4.79 Å². The molecule has 6 heteroatoms. The molecule has 2 aromatic carbocycles. The van der Waals surface area contributed by atoms with Gasteiger partial charge < -0.3 is 24.5 Å². The van der Waals surface area contributed by atoms with Crippen LogP contribution < -0.4 is 19.5 Å². The first-order chi connectivity index (χ1) is 12.1. The molecule has 3 aromatic rings. The predicted molar refractivity (Wildman–Crippen MR) is 97.1 cm³/mol. The van der Waals surface area contributed by atoms with Gasteiger partial charge in [-0.1, -0.05) is 6.07 Å². The van der Waals surface area contributed by atoms with Gasteiger partial charge in [0.05, 0.1) is 38.1 Å². The fourth-order valence-electron chi connectivity index (χ4n) is 2.75. The molecule has 1 aromatic heterocycles. The van der Waals surface area contributed by atoms with Crippen molar-refractivity contribution in [2.24, 2.45) is 0 Å². The maximum atomic E-state index is 12.8. The maximum absolute atomic E-state index is 12.8. The largest absolute Gasteiger partial charge is 0.495 e. The Balaban J connectivity index is 1.99. The van der Waals surface area contributed by atoms with Crippen LogP contribution in [-0.2, 0) is 0 Å². The van der Waals surface area contributed by atoms with Crippen molar-refractivity contribution in [1.29, 1.82) is 0 Å². The summed E-state index contributed by atoms with van der Waals surface area (Å²) >= 11 is 0. The first kappa shape index (κ1) is 16.7. The zero-order chi connectivity index (χ0) is 18.0. The lowest BCUT2D eigenvalue weighted by molar-refractivity contribution is 0.102. The van der Waals surface area contributed by atoms with E-state index < -0.39 is 0 Å². The van der Waals surface area contributed by atoms with E-state index in [0.29, 0.717) is 28.5 Å². The van der Waals surface area contributed by atoms with E-state index in [1.165, 1.54) is 0 Å². The molecule has 0 fully saturated rings. The number of anilines is 1. The Morgan fingerprint density at radius 2 is 1.64 bits per heavy atom. The lowest BCUT2D eigenvalue weighted by Crippen LogP contribution is -2.12.